The van der Waals surface area contributed by atoms with Crippen molar-refractivity contribution in [2.24, 2.45) is 0 Å². The molecule has 0 bridgehead atoms. The Kier molecular flexibility index (Phi) is 4.05. The highest BCUT2D eigenvalue weighted by atomic mass is 35.5. The summed E-state index contributed by atoms with van der Waals surface area (Å²) in [6.45, 7) is 1.94. The van der Waals surface area contributed by atoms with Crippen LogP contribution in [0.5, 0.6) is 0 Å². The number of pyridine rings is 1. The summed E-state index contributed by atoms with van der Waals surface area (Å²) >= 11 is 5.93. The molecule has 0 fully saturated rings. The van der Waals surface area contributed by atoms with Gasteiger partial charge in [0.15, 0.2) is 0 Å². The maximum Gasteiger partial charge on any atom is 0.311 e. The molecule has 0 aliphatic carbocycles. The smallest absolute Gasteiger partial charge is 0.311 e. The predicted octanol–water partition coefficient (Wildman–Crippen LogP) is 3.40. The number of benzene rings is 1. The standard InChI is InChI=1S/C13H13ClN4O2/c1-8(9-3-2-4-10(14)7-9)16-12-6-5-11(18(19)20)13(15)17-12/h2-8H,1H3,(H3,15,16,17). The molecule has 104 valence electrons. The van der Waals surface area contributed by atoms with E-state index in [1.165, 1.54) is 12.1 Å². The molecular weight excluding hydrogens is 280 g/mol. The highest BCUT2D eigenvalue weighted by molar-refractivity contribution is 6.30. The van der Waals surface area contributed by atoms with Gasteiger partial charge in [0.05, 0.1) is 4.92 Å². The molecule has 1 aromatic carbocycles. The van der Waals surface area contributed by atoms with Crippen molar-refractivity contribution in [3.05, 3.63) is 57.1 Å². The molecule has 0 spiro atoms. The Morgan fingerprint density at radius 1 is 1.40 bits per heavy atom. The Bertz CT molecular complexity index is 648. The van der Waals surface area contributed by atoms with E-state index in [2.05, 4.69) is 10.3 Å². The lowest BCUT2D eigenvalue weighted by atomic mass is 10.1. The highest BCUT2D eigenvalue weighted by Crippen LogP contribution is 2.24. The summed E-state index contributed by atoms with van der Waals surface area (Å²) in [5, 5.41) is 14.4. The van der Waals surface area contributed by atoms with Crippen LogP contribution in [0.4, 0.5) is 17.3 Å². The fraction of sp³-hybridized carbons (Fsp3) is 0.154. The molecule has 1 unspecified atom stereocenters. The monoisotopic (exact) mass is 292 g/mol. The molecule has 2 aromatic rings. The van der Waals surface area contributed by atoms with Gasteiger partial charge in [-0.25, -0.2) is 4.98 Å². The number of hydrogen-bond donors (Lipinski definition) is 2. The number of nitrogen functional groups attached to an aromatic ring is 1. The molecule has 7 heteroatoms. The van der Waals surface area contributed by atoms with Crippen LogP contribution in [-0.4, -0.2) is 9.91 Å². The summed E-state index contributed by atoms with van der Waals surface area (Å²) in [5.41, 5.74) is 6.33. The van der Waals surface area contributed by atoms with Crippen LogP contribution in [0.3, 0.4) is 0 Å². The van der Waals surface area contributed by atoms with E-state index in [-0.39, 0.29) is 17.5 Å². The second-order valence-electron chi connectivity index (χ2n) is 4.28. The summed E-state index contributed by atoms with van der Waals surface area (Å²) in [4.78, 5) is 14.1. The molecule has 2 rings (SSSR count). The Labute approximate surface area is 120 Å². The van der Waals surface area contributed by atoms with Crippen LogP contribution in [0.2, 0.25) is 5.02 Å². The molecule has 1 aromatic heterocycles. The van der Waals surface area contributed by atoms with Gasteiger partial charge in [0, 0.05) is 17.1 Å². The van der Waals surface area contributed by atoms with E-state index in [0.717, 1.165) is 5.56 Å². The average Bonchev–Trinajstić information content (AvgIpc) is 2.38. The fourth-order valence-electron chi connectivity index (χ4n) is 1.78. The van der Waals surface area contributed by atoms with E-state index in [0.29, 0.717) is 10.8 Å². The van der Waals surface area contributed by atoms with Crippen LogP contribution >= 0.6 is 11.6 Å². The number of rotatable bonds is 4. The molecule has 0 saturated carbocycles. The minimum Gasteiger partial charge on any atom is -0.378 e. The number of halogens is 1. The third-order valence-electron chi connectivity index (χ3n) is 2.81. The van der Waals surface area contributed by atoms with Crippen molar-refractivity contribution in [3.8, 4) is 0 Å². The third-order valence-corrected chi connectivity index (χ3v) is 3.05. The molecule has 0 saturated heterocycles. The van der Waals surface area contributed by atoms with Gasteiger partial charge in [0.2, 0.25) is 5.82 Å². The van der Waals surface area contributed by atoms with Gasteiger partial charge in [-0.2, -0.15) is 0 Å². The number of aromatic nitrogens is 1. The number of anilines is 2. The van der Waals surface area contributed by atoms with E-state index in [9.17, 15) is 10.1 Å². The van der Waals surface area contributed by atoms with E-state index in [4.69, 9.17) is 17.3 Å². The van der Waals surface area contributed by atoms with Crippen molar-refractivity contribution < 1.29 is 4.92 Å². The lowest BCUT2D eigenvalue weighted by Crippen LogP contribution is -2.09. The molecule has 3 N–H and O–H groups in total. The van der Waals surface area contributed by atoms with Crippen molar-refractivity contribution in [1.29, 1.82) is 0 Å². The van der Waals surface area contributed by atoms with Crippen LogP contribution < -0.4 is 11.1 Å². The molecule has 0 aliphatic rings. The quantitative estimate of drug-likeness (QED) is 0.665. The molecule has 0 amide bonds. The second kappa shape index (κ2) is 5.75. The normalized spacial score (nSPS) is 11.9. The zero-order valence-electron chi connectivity index (χ0n) is 10.7. The van der Waals surface area contributed by atoms with Crippen molar-refractivity contribution in [2.75, 3.05) is 11.1 Å². The van der Waals surface area contributed by atoms with Crippen LogP contribution in [0.1, 0.15) is 18.5 Å². The zero-order chi connectivity index (χ0) is 14.7. The predicted molar refractivity (Wildman–Crippen MR) is 78.8 cm³/mol. The number of nitrogens with one attached hydrogen (secondary N) is 1. The van der Waals surface area contributed by atoms with E-state index in [1.54, 1.807) is 6.07 Å². The van der Waals surface area contributed by atoms with Crippen molar-refractivity contribution in [3.63, 3.8) is 0 Å². The number of hydrogen-bond acceptors (Lipinski definition) is 5. The maximum atomic E-state index is 10.7. The number of nitrogens with two attached hydrogens (primary N) is 1. The Morgan fingerprint density at radius 2 is 2.15 bits per heavy atom. The fourth-order valence-corrected chi connectivity index (χ4v) is 1.98. The van der Waals surface area contributed by atoms with Gasteiger partial charge in [-0.15, -0.1) is 0 Å². The molecule has 0 radical (unpaired) electrons. The number of nitrogens with zero attached hydrogens (tertiary/aromatic N) is 2. The van der Waals surface area contributed by atoms with Gasteiger partial charge >= 0.3 is 5.69 Å². The Hall–Kier alpha value is -2.34. The molecular formula is C13H13ClN4O2. The largest absolute Gasteiger partial charge is 0.378 e. The van der Waals surface area contributed by atoms with Crippen molar-refractivity contribution >= 4 is 28.9 Å². The third kappa shape index (κ3) is 3.16. The van der Waals surface area contributed by atoms with Crippen LogP contribution in [-0.2, 0) is 0 Å². The Morgan fingerprint density at radius 3 is 2.75 bits per heavy atom. The number of nitro groups is 1. The van der Waals surface area contributed by atoms with E-state index < -0.39 is 4.92 Å². The van der Waals surface area contributed by atoms with Crippen molar-refractivity contribution in [1.82, 2.24) is 4.98 Å². The summed E-state index contributed by atoms with van der Waals surface area (Å²) in [6.07, 6.45) is 0. The lowest BCUT2D eigenvalue weighted by molar-refractivity contribution is -0.384. The lowest BCUT2D eigenvalue weighted by Gasteiger charge is -2.15. The maximum absolute atomic E-state index is 10.7. The molecule has 6 nitrogen and oxygen atoms in total. The van der Waals surface area contributed by atoms with E-state index >= 15 is 0 Å². The van der Waals surface area contributed by atoms with Gasteiger partial charge in [-0.3, -0.25) is 10.1 Å². The molecule has 20 heavy (non-hydrogen) atoms. The first-order chi connectivity index (χ1) is 9.47. The van der Waals surface area contributed by atoms with E-state index in [1.807, 2.05) is 25.1 Å². The van der Waals surface area contributed by atoms with Crippen LogP contribution in [0.15, 0.2) is 36.4 Å². The van der Waals surface area contributed by atoms with Crippen molar-refractivity contribution in [2.45, 2.75) is 13.0 Å². The first-order valence-corrected chi connectivity index (χ1v) is 6.28. The summed E-state index contributed by atoms with van der Waals surface area (Å²) < 4.78 is 0. The summed E-state index contributed by atoms with van der Waals surface area (Å²) in [6, 6.07) is 10.2. The minimum atomic E-state index is -0.563. The van der Waals surface area contributed by atoms with Crippen LogP contribution in [0.25, 0.3) is 0 Å². The summed E-state index contributed by atoms with van der Waals surface area (Å²) in [7, 11) is 0. The molecule has 1 heterocycles. The minimum absolute atomic E-state index is 0.0537. The summed E-state index contributed by atoms with van der Waals surface area (Å²) in [5.74, 6) is 0.360. The SMILES string of the molecule is CC(Nc1ccc([N+](=O)[O-])c(N)n1)c1cccc(Cl)c1. The van der Waals surface area contributed by atoms with Gasteiger partial charge in [-0.05, 0) is 30.7 Å². The Balaban J connectivity index is 2.18. The molecule has 1 atom stereocenters. The van der Waals surface area contributed by atoms with Gasteiger partial charge in [-0.1, -0.05) is 23.7 Å². The zero-order valence-corrected chi connectivity index (χ0v) is 11.5. The first kappa shape index (κ1) is 14.1. The van der Waals surface area contributed by atoms with Gasteiger partial charge in [0.25, 0.3) is 0 Å². The average molecular weight is 293 g/mol. The highest BCUT2D eigenvalue weighted by Gasteiger charge is 2.14. The second-order valence-corrected chi connectivity index (χ2v) is 4.72. The van der Waals surface area contributed by atoms with Crippen LogP contribution in [0, 0.1) is 10.1 Å². The first-order valence-electron chi connectivity index (χ1n) is 5.90. The molecule has 0 aliphatic heterocycles. The van der Waals surface area contributed by atoms with Gasteiger partial charge in [0.1, 0.15) is 5.82 Å². The topological polar surface area (TPSA) is 94.1 Å². The van der Waals surface area contributed by atoms with Gasteiger partial charge < -0.3 is 11.1 Å².